The molecule has 0 aliphatic carbocycles. The van der Waals surface area contributed by atoms with Gasteiger partial charge >= 0.3 is 18.0 Å². The van der Waals surface area contributed by atoms with Crippen LogP contribution in [0.3, 0.4) is 0 Å². The molecule has 1 heterocycles. The van der Waals surface area contributed by atoms with Gasteiger partial charge in [0, 0.05) is 5.41 Å². The Morgan fingerprint density at radius 1 is 1.04 bits per heavy atom. The van der Waals surface area contributed by atoms with Crippen LogP contribution in [0.5, 0.6) is 0 Å². The Morgan fingerprint density at radius 2 is 1.58 bits per heavy atom. The molecule has 0 saturated carbocycles. The molecule has 1 fully saturated rings. The van der Waals surface area contributed by atoms with E-state index in [1.165, 1.54) is 0 Å². The van der Waals surface area contributed by atoms with Crippen molar-refractivity contribution in [3.63, 3.8) is 0 Å². The van der Waals surface area contributed by atoms with E-state index in [1.807, 2.05) is 6.92 Å². The van der Waals surface area contributed by atoms with Crippen LogP contribution in [0.2, 0.25) is 0 Å². The highest BCUT2D eigenvalue weighted by Crippen LogP contribution is 2.26. The third-order valence-corrected chi connectivity index (χ3v) is 3.24. The van der Waals surface area contributed by atoms with Crippen LogP contribution in [0, 0.1) is 5.41 Å². The molecule has 1 aliphatic rings. The molecule has 1 rings (SSSR count). The molecule has 1 amide bonds. The number of alkyl carbamates (subject to hydrolysis) is 1. The second-order valence-corrected chi connectivity index (χ2v) is 8.90. The van der Waals surface area contributed by atoms with E-state index >= 15 is 0 Å². The minimum atomic E-state index is -1.19. The summed E-state index contributed by atoms with van der Waals surface area (Å²) in [6.45, 7) is 13.4. The van der Waals surface area contributed by atoms with Gasteiger partial charge in [0.1, 0.15) is 23.9 Å². The summed E-state index contributed by atoms with van der Waals surface area (Å²) in [5.41, 5.74) is -1.69. The highest BCUT2D eigenvalue weighted by molar-refractivity contribution is 5.86. The van der Waals surface area contributed by atoms with Crippen molar-refractivity contribution >= 4 is 18.0 Å². The normalized spacial score (nSPS) is 17.5. The van der Waals surface area contributed by atoms with Crippen molar-refractivity contribution < 1.29 is 33.3 Å². The van der Waals surface area contributed by atoms with Crippen molar-refractivity contribution in [2.75, 3.05) is 19.8 Å². The fourth-order valence-electron chi connectivity index (χ4n) is 2.03. The maximum absolute atomic E-state index is 12.3. The number of amides is 1. The lowest BCUT2D eigenvalue weighted by atomic mass is 9.90. The Kier molecular flexibility index (Phi) is 7.04. The molecule has 0 aromatic carbocycles. The van der Waals surface area contributed by atoms with Crippen molar-refractivity contribution in [1.82, 2.24) is 5.32 Å². The molecular formula is C18H31NO7. The molecule has 150 valence electrons. The topological polar surface area (TPSA) is 100 Å². The lowest BCUT2D eigenvalue weighted by Crippen LogP contribution is -2.48. The Morgan fingerprint density at radius 3 is 2.00 bits per heavy atom. The quantitative estimate of drug-likeness (QED) is 0.562. The summed E-state index contributed by atoms with van der Waals surface area (Å²) in [4.78, 5) is 36.4. The van der Waals surface area contributed by atoms with Crippen molar-refractivity contribution in [3.05, 3.63) is 0 Å². The maximum Gasteiger partial charge on any atom is 0.408 e. The molecule has 0 bridgehead atoms. The number of carbonyl (C=O) groups excluding carboxylic acids is 3. The van der Waals surface area contributed by atoms with Crippen molar-refractivity contribution in [3.8, 4) is 0 Å². The second-order valence-electron chi connectivity index (χ2n) is 8.90. The van der Waals surface area contributed by atoms with Crippen molar-refractivity contribution in [1.29, 1.82) is 0 Å². The average molecular weight is 373 g/mol. The smallest absolute Gasteiger partial charge is 0.408 e. The third-order valence-electron chi connectivity index (χ3n) is 3.24. The first-order chi connectivity index (χ1) is 11.7. The van der Waals surface area contributed by atoms with E-state index in [0.717, 1.165) is 0 Å². The Bertz CT molecular complexity index is 527. The predicted molar refractivity (Wildman–Crippen MR) is 93.5 cm³/mol. The molecule has 0 aromatic heterocycles. The minimum absolute atomic E-state index is 0.194. The fourth-order valence-corrected chi connectivity index (χ4v) is 2.03. The standard InChI is InChI=1S/C18H31NO7/c1-16(2,3)25-14(21)12(19-15(22)26-17(4,5)6)8-13(20)24-11-18(7)9-23-10-18/h12H,8-11H2,1-7H3,(H,19,22). The van der Waals surface area contributed by atoms with Gasteiger partial charge in [0.25, 0.3) is 0 Å². The molecular weight excluding hydrogens is 342 g/mol. The van der Waals surface area contributed by atoms with E-state index < -0.39 is 35.3 Å². The first-order valence-electron chi connectivity index (χ1n) is 8.65. The SMILES string of the molecule is CC1(COC(=O)CC(NC(=O)OC(C)(C)C)C(=O)OC(C)(C)C)COC1. The van der Waals surface area contributed by atoms with Crippen LogP contribution in [-0.4, -0.2) is 55.1 Å². The number of rotatable bonds is 6. The fraction of sp³-hybridized carbons (Fsp3) is 0.833. The van der Waals surface area contributed by atoms with Gasteiger partial charge in [-0.3, -0.25) is 4.79 Å². The van der Waals surface area contributed by atoms with Gasteiger partial charge < -0.3 is 24.3 Å². The number of nitrogens with one attached hydrogen (secondary N) is 1. The monoisotopic (exact) mass is 373 g/mol. The molecule has 1 unspecified atom stereocenters. The van der Waals surface area contributed by atoms with E-state index in [-0.39, 0.29) is 18.4 Å². The van der Waals surface area contributed by atoms with Crippen LogP contribution < -0.4 is 5.32 Å². The molecule has 8 nitrogen and oxygen atoms in total. The molecule has 1 saturated heterocycles. The zero-order valence-electron chi connectivity index (χ0n) is 16.8. The van der Waals surface area contributed by atoms with Gasteiger partial charge in [0.2, 0.25) is 0 Å². The Hall–Kier alpha value is -1.83. The Labute approximate surface area is 154 Å². The van der Waals surface area contributed by atoms with Crippen LogP contribution in [0.4, 0.5) is 4.79 Å². The number of hydrogen-bond donors (Lipinski definition) is 1. The number of hydrogen-bond acceptors (Lipinski definition) is 7. The summed E-state index contributed by atoms with van der Waals surface area (Å²) in [6, 6.07) is -1.19. The zero-order chi connectivity index (χ0) is 20.2. The van der Waals surface area contributed by atoms with Crippen LogP contribution in [-0.2, 0) is 28.5 Å². The summed E-state index contributed by atoms with van der Waals surface area (Å²) in [6.07, 6.45) is -1.15. The summed E-state index contributed by atoms with van der Waals surface area (Å²) in [7, 11) is 0. The second kappa shape index (κ2) is 8.24. The van der Waals surface area contributed by atoms with Gasteiger partial charge in [-0.1, -0.05) is 6.92 Å². The number of esters is 2. The van der Waals surface area contributed by atoms with Crippen molar-refractivity contribution in [2.24, 2.45) is 5.41 Å². The van der Waals surface area contributed by atoms with Gasteiger partial charge in [-0.05, 0) is 41.5 Å². The third kappa shape index (κ3) is 8.51. The molecule has 1 atom stereocenters. The first kappa shape index (κ1) is 22.2. The van der Waals surface area contributed by atoms with E-state index in [1.54, 1.807) is 41.5 Å². The summed E-state index contributed by atoms with van der Waals surface area (Å²) in [5, 5.41) is 2.39. The molecule has 1 N–H and O–H groups in total. The van der Waals surface area contributed by atoms with Gasteiger partial charge in [-0.2, -0.15) is 0 Å². The predicted octanol–water partition coefficient (Wildman–Crippen LogP) is 2.19. The summed E-state index contributed by atoms with van der Waals surface area (Å²) < 4.78 is 20.7. The number of ether oxygens (including phenoxy) is 4. The highest BCUT2D eigenvalue weighted by atomic mass is 16.6. The van der Waals surface area contributed by atoms with Gasteiger partial charge in [0.05, 0.1) is 19.6 Å². The first-order valence-corrected chi connectivity index (χ1v) is 8.65. The molecule has 8 heteroatoms. The lowest BCUT2D eigenvalue weighted by Gasteiger charge is -2.37. The zero-order valence-corrected chi connectivity index (χ0v) is 16.8. The van der Waals surface area contributed by atoms with Crippen LogP contribution >= 0.6 is 0 Å². The highest BCUT2D eigenvalue weighted by Gasteiger charge is 2.36. The summed E-state index contributed by atoms with van der Waals surface area (Å²) >= 11 is 0. The van der Waals surface area contributed by atoms with E-state index in [9.17, 15) is 14.4 Å². The van der Waals surface area contributed by atoms with Crippen molar-refractivity contribution in [2.45, 2.75) is 72.1 Å². The van der Waals surface area contributed by atoms with Crippen LogP contribution in [0.15, 0.2) is 0 Å². The van der Waals surface area contributed by atoms with Gasteiger partial charge in [0.15, 0.2) is 0 Å². The largest absolute Gasteiger partial charge is 0.465 e. The van der Waals surface area contributed by atoms with Gasteiger partial charge in [-0.15, -0.1) is 0 Å². The van der Waals surface area contributed by atoms with E-state index in [2.05, 4.69) is 5.32 Å². The van der Waals surface area contributed by atoms with E-state index in [4.69, 9.17) is 18.9 Å². The minimum Gasteiger partial charge on any atom is -0.465 e. The molecule has 26 heavy (non-hydrogen) atoms. The summed E-state index contributed by atoms with van der Waals surface area (Å²) in [5.74, 6) is -1.33. The molecule has 1 aliphatic heterocycles. The Balaban J connectivity index is 2.68. The molecule has 0 spiro atoms. The van der Waals surface area contributed by atoms with Crippen LogP contribution in [0.25, 0.3) is 0 Å². The molecule has 0 radical (unpaired) electrons. The molecule has 0 aromatic rings. The van der Waals surface area contributed by atoms with E-state index in [0.29, 0.717) is 13.2 Å². The van der Waals surface area contributed by atoms with Crippen LogP contribution in [0.1, 0.15) is 54.9 Å². The average Bonchev–Trinajstić information content (AvgIpc) is 2.38. The van der Waals surface area contributed by atoms with Gasteiger partial charge in [-0.25, -0.2) is 9.59 Å². The lowest BCUT2D eigenvalue weighted by molar-refractivity contribution is -0.169. The maximum atomic E-state index is 12.3. The number of carbonyl (C=O) groups is 3.